The monoisotopic (exact) mass is 182 g/mol. The average molecular weight is 182 g/mol. The van der Waals surface area contributed by atoms with Crippen molar-refractivity contribution in [2.75, 3.05) is 5.73 Å². The van der Waals surface area contributed by atoms with E-state index < -0.39 is 11.2 Å². The van der Waals surface area contributed by atoms with E-state index in [0.717, 1.165) is 15.3 Å². The van der Waals surface area contributed by atoms with E-state index in [2.05, 4.69) is 0 Å². The SMILES string of the molecule is Cn1c(N)c(C=N)c(=O)n(C)c1=O. The van der Waals surface area contributed by atoms with E-state index >= 15 is 0 Å². The van der Waals surface area contributed by atoms with Gasteiger partial charge >= 0.3 is 5.69 Å². The molecule has 0 aromatic carbocycles. The Balaban J connectivity index is 3.88. The normalized spacial score (nSPS) is 10.0. The first-order chi connectivity index (χ1) is 6.00. The van der Waals surface area contributed by atoms with Crippen LogP contribution in [-0.4, -0.2) is 15.3 Å². The molecular formula is C7H10N4O2. The highest BCUT2D eigenvalue weighted by Crippen LogP contribution is 1.97. The fourth-order valence-corrected chi connectivity index (χ4v) is 1.02. The van der Waals surface area contributed by atoms with Gasteiger partial charge in [0.15, 0.2) is 0 Å². The van der Waals surface area contributed by atoms with Crippen LogP contribution in [0.5, 0.6) is 0 Å². The van der Waals surface area contributed by atoms with Gasteiger partial charge in [-0.05, 0) is 0 Å². The van der Waals surface area contributed by atoms with Crippen molar-refractivity contribution >= 4 is 12.0 Å². The van der Waals surface area contributed by atoms with Crippen LogP contribution in [0.15, 0.2) is 9.59 Å². The molecule has 3 N–H and O–H groups in total. The third-order valence-electron chi connectivity index (χ3n) is 1.89. The third-order valence-corrected chi connectivity index (χ3v) is 1.89. The van der Waals surface area contributed by atoms with Crippen molar-refractivity contribution < 1.29 is 0 Å². The van der Waals surface area contributed by atoms with Crippen molar-refractivity contribution in [2.24, 2.45) is 14.1 Å². The second kappa shape index (κ2) is 2.89. The first-order valence-corrected chi connectivity index (χ1v) is 3.56. The summed E-state index contributed by atoms with van der Waals surface area (Å²) in [6.45, 7) is 0. The van der Waals surface area contributed by atoms with Crippen LogP contribution in [-0.2, 0) is 14.1 Å². The molecule has 0 aliphatic carbocycles. The summed E-state index contributed by atoms with van der Waals surface area (Å²) in [6, 6.07) is 0. The number of hydrogen-bond donors (Lipinski definition) is 2. The molecular weight excluding hydrogens is 172 g/mol. The molecule has 0 unspecified atom stereocenters. The zero-order chi connectivity index (χ0) is 10.2. The van der Waals surface area contributed by atoms with Gasteiger partial charge in [-0.3, -0.25) is 13.9 Å². The molecule has 1 rings (SSSR count). The van der Waals surface area contributed by atoms with Crippen molar-refractivity contribution in [3.8, 4) is 0 Å². The number of anilines is 1. The van der Waals surface area contributed by atoms with Crippen LogP contribution in [0.25, 0.3) is 0 Å². The lowest BCUT2D eigenvalue weighted by atomic mass is 10.3. The second-order valence-corrected chi connectivity index (χ2v) is 2.65. The largest absolute Gasteiger partial charge is 0.384 e. The highest BCUT2D eigenvalue weighted by atomic mass is 16.2. The quantitative estimate of drug-likeness (QED) is 0.526. The van der Waals surface area contributed by atoms with E-state index in [1.165, 1.54) is 14.1 Å². The molecule has 0 atom stereocenters. The van der Waals surface area contributed by atoms with Crippen LogP contribution >= 0.6 is 0 Å². The Kier molecular flexibility index (Phi) is 2.05. The lowest BCUT2D eigenvalue weighted by molar-refractivity contribution is 0.692. The van der Waals surface area contributed by atoms with E-state index in [-0.39, 0.29) is 11.4 Å². The Hall–Kier alpha value is -1.85. The molecule has 1 heterocycles. The van der Waals surface area contributed by atoms with Gasteiger partial charge in [0, 0.05) is 20.3 Å². The second-order valence-electron chi connectivity index (χ2n) is 2.65. The molecule has 0 spiro atoms. The lowest BCUT2D eigenvalue weighted by Crippen LogP contribution is -2.40. The molecule has 0 aliphatic heterocycles. The van der Waals surface area contributed by atoms with Gasteiger partial charge in [-0.2, -0.15) is 0 Å². The van der Waals surface area contributed by atoms with Gasteiger partial charge in [-0.1, -0.05) is 0 Å². The number of aromatic nitrogens is 2. The topological polar surface area (TPSA) is 93.9 Å². The first kappa shape index (κ1) is 9.24. The summed E-state index contributed by atoms with van der Waals surface area (Å²) in [5.41, 5.74) is 4.46. The molecule has 0 amide bonds. The summed E-state index contributed by atoms with van der Waals surface area (Å²) < 4.78 is 2.04. The molecule has 0 radical (unpaired) electrons. The van der Waals surface area contributed by atoms with E-state index in [0.29, 0.717) is 0 Å². The number of nitrogen functional groups attached to an aromatic ring is 1. The molecule has 0 fully saturated rings. The van der Waals surface area contributed by atoms with Crippen LogP contribution < -0.4 is 17.0 Å². The Morgan fingerprint density at radius 1 is 1.31 bits per heavy atom. The standard InChI is InChI=1S/C7H10N4O2/c1-10-5(9)4(3-8)6(12)11(2)7(10)13/h3,8H,9H2,1-2H3. The molecule has 6 nitrogen and oxygen atoms in total. The summed E-state index contributed by atoms with van der Waals surface area (Å²) >= 11 is 0. The molecule has 0 aliphatic rings. The summed E-state index contributed by atoms with van der Waals surface area (Å²) in [5.74, 6) is 0.0168. The van der Waals surface area contributed by atoms with Crippen molar-refractivity contribution in [2.45, 2.75) is 0 Å². The summed E-state index contributed by atoms with van der Waals surface area (Å²) in [4.78, 5) is 22.6. The van der Waals surface area contributed by atoms with Crippen molar-refractivity contribution in [1.29, 1.82) is 5.41 Å². The van der Waals surface area contributed by atoms with E-state index in [1.807, 2.05) is 0 Å². The molecule has 0 saturated heterocycles. The van der Waals surface area contributed by atoms with Gasteiger partial charge in [0.05, 0.1) is 5.56 Å². The summed E-state index contributed by atoms with van der Waals surface area (Å²) in [6.07, 6.45) is 0.844. The highest BCUT2D eigenvalue weighted by molar-refractivity contribution is 5.82. The van der Waals surface area contributed by atoms with Gasteiger partial charge in [-0.15, -0.1) is 0 Å². The molecule has 0 bridgehead atoms. The average Bonchev–Trinajstić information content (AvgIpc) is 2.13. The maximum absolute atomic E-state index is 11.3. The fourth-order valence-electron chi connectivity index (χ4n) is 1.02. The third kappa shape index (κ3) is 1.16. The predicted octanol–water partition coefficient (Wildman–Crippen LogP) is -1.34. The molecule has 70 valence electrons. The van der Waals surface area contributed by atoms with Gasteiger partial charge in [0.1, 0.15) is 5.82 Å². The van der Waals surface area contributed by atoms with Crippen molar-refractivity contribution in [3.05, 3.63) is 26.4 Å². The van der Waals surface area contributed by atoms with E-state index in [4.69, 9.17) is 11.1 Å². The van der Waals surface area contributed by atoms with Gasteiger partial charge in [0.2, 0.25) is 0 Å². The highest BCUT2D eigenvalue weighted by Gasteiger charge is 2.09. The van der Waals surface area contributed by atoms with Crippen molar-refractivity contribution in [3.63, 3.8) is 0 Å². The Morgan fingerprint density at radius 3 is 2.31 bits per heavy atom. The number of nitrogens with two attached hydrogens (primary N) is 1. The van der Waals surface area contributed by atoms with Crippen LogP contribution in [0.1, 0.15) is 5.56 Å². The molecule has 1 aromatic rings. The Labute approximate surface area is 73.7 Å². The Morgan fingerprint density at radius 2 is 1.85 bits per heavy atom. The molecule has 6 heteroatoms. The maximum atomic E-state index is 11.3. The number of hydrogen-bond acceptors (Lipinski definition) is 4. The summed E-state index contributed by atoms with van der Waals surface area (Å²) in [7, 11) is 2.79. The van der Waals surface area contributed by atoms with Gasteiger partial charge < -0.3 is 11.1 Å². The van der Waals surface area contributed by atoms with Crippen LogP contribution in [0.3, 0.4) is 0 Å². The molecule has 1 aromatic heterocycles. The molecule has 0 saturated carbocycles. The lowest BCUT2D eigenvalue weighted by Gasteiger charge is -2.07. The predicted molar refractivity (Wildman–Crippen MR) is 49.2 cm³/mol. The number of nitrogens with one attached hydrogen (secondary N) is 1. The van der Waals surface area contributed by atoms with Crippen LogP contribution in [0, 0.1) is 5.41 Å². The Bertz CT molecular complexity index is 469. The number of nitrogens with zero attached hydrogens (tertiary/aromatic N) is 2. The molecule has 13 heavy (non-hydrogen) atoms. The number of rotatable bonds is 1. The van der Waals surface area contributed by atoms with Gasteiger partial charge in [0.25, 0.3) is 5.56 Å². The van der Waals surface area contributed by atoms with Crippen LogP contribution in [0.4, 0.5) is 5.82 Å². The minimum Gasteiger partial charge on any atom is -0.384 e. The fraction of sp³-hybridized carbons (Fsp3) is 0.286. The zero-order valence-electron chi connectivity index (χ0n) is 7.37. The minimum absolute atomic E-state index is 0.0168. The van der Waals surface area contributed by atoms with E-state index in [1.54, 1.807) is 0 Å². The minimum atomic E-state index is -0.546. The van der Waals surface area contributed by atoms with Gasteiger partial charge in [-0.25, -0.2) is 4.79 Å². The zero-order valence-corrected chi connectivity index (χ0v) is 7.37. The smallest absolute Gasteiger partial charge is 0.332 e. The van der Waals surface area contributed by atoms with E-state index in [9.17, 15) is 9.59 Å². The first-order valence-electron chi connectivity index (χ1n) is 3.56. The maximum Gasteiger partial charge on any atom is 0.332 e. The summed E-state index contributed by atoms with van der Waals surface area (Å²) in [5, 5.41) is 6.96. The van der Waals surface area contributed by atoms with Crippen LogP contribution in [0.2, 0.25) is 0 Å². The van der Waals surface area contributed by atoms with Crippen molar-refractivity contribution in [1.82, 2.24) is 9.13 Å².